The molecule has 0 saturated carbocycles. The molecule has 2 unspecified atom stereocenters. The molecule has 0 radical (unpaired) electrons. The third-order valence-corrected chi connectivity index (χ3v) is 6.86. The van der Waals surface area contributed by atoms with E-state index in [-0.39, 0.29) is 23.4 Å². The van der Waals surface area contributed by atoms with E-state index in [9.17, 15) is 14.0 Å². The number of Topliss-reactive ketones (excluding diaryl/α,β-unsaturated/α-hetero) is 1. The molecule has 4 nitrogen and oxygen atoms in total. The molecule has 1 aliphatic carbocycles. The molecule has 3 aromatic rings. The summed E-state index contributed by atoms with van der Waals surface area (Å²) in [5.41, 5.74) is 6.42. The van der Waals surface area contributed by atoms with Gasteiger partial charge in [0, 0.05) is 40.6 Å². The average Bonchev–Trinajstić information content (AvgIpc) is 2.85. The van der Waals surface area contributed by atoms with Crippen molar-refractivity contribution in [3.63, 3.8) is 0 Å². The molecular weight excluding hydrogens is 439 g/mol. The number of nitrogens with one attached hydrogen (secondary N) is 2. The second-order valence-electron chi connectivity index (χ2n) is 9.30. The van der Waals surface area contributed by atoms with Crippen LogP contribution in [0.2, 0.25) is 0 Å². The molecule has 2 aliphatic rings. The van der Waals surface area contributed by atoms with E-state index in [1.807, 2.05) is 56.3 Å². The second kappa shape index (κ2) is 9.34. The fourth-order valence-electron chi connectivity index (χ4n) is 5.12. The van der Waals surface area contributed by atoms with Gasteiger partial charge in [-0.1, -0.05) is 60.2 Å². The van der Waals surface area contributed by atoms with Crippen molar-refractivity contribution in [2.45, 2.75) is 38.5 Å². The molecule has 0 spiro atoms. The standard InChI is InChI=1S/C30H27FN2O2/c1-18-8-10-21(11-9-18)28-27(30(35)33-24-14-12-23(31)13-15-24)19(2)32-25-16-22(17-26(34)29(25)28)20-6-4-3-5-7-20/h3-15,22,28,32H,16-17H2,1-2H3,(H,33,35). The molecule has 0 bridgehead atoms. The minimum atomic E-state index is -0.475. The number of halogens is 1. The second-order valence-corrected chi connectivity index (χ2v) is 9.30. The monoisotopic (exact) mass is 466 g/mol. The van der Waals surface area contributed by atoms with Crippen LogP contribution in [0.3, 0.4) is 0 Å². The Bertz CT molecular complexity index is 1340. The quantitative estimate of drug-likeness (QED) is 0.486. The van der Waals surface area contributed by atoms with Crippen molar-refractivity contribution in [3.05, 3.63) is 124 Å². The van der Waals surface area contributed by atoms with E-state index in [0.717, 1.165) is 28.1 Å². The number of hydrogen-bond acceptors (Lipinski definition) is 3. The van der Waals surface area contributed by atoms with Crippen molar-refractivity contribution in [3.8, 4) is 0 Å². The van der Waals surface area contributed by atoms with Crippen LogP contribution in [0.15, 0.2) is 101 Å². The zero-order valence-electron chi connectivity index (χ0n) is 19.8. The summed E-state index contributed by atoms with van der Waals surface area (Å²) in [6, 6.07) is 23.8. The maximum Gasteiger partial charge on any atom is 0.254 e. The molecule has 2 atom stereocenters. The molecule has 0 fully saturated rings. The van der Waals surface area contributed by atoms with E-state index in [4.69, 9.17) is 0 Å². The third-order valence-electron chi connectivity index (χ3n) is 6.86. The van der Waals surface area contributed by atoms with E-state index in [2.05, 4.69) is 22.8 Å². The van der Waals surface area contributed by atoms with Crippen molar-refractivity contribution in [2.75, 3.05) is 5.32 Å². The van der Waals surface area contributed by atoms with E-state index in [1.54, 1.807) is 0 Å². The average molecular weight is 467 g/mol. The number of carbonyl (C=O) groups excluding carboxylic acids is 2. The zero-order chi connectivity index (χ0) is 24.5. The normalized spacial score (nSPS) is 19.8. The molecule has 1 heterocycles. The fraction of sp³-hybridized carbons (Fsp3) is 0.200. The van der Waals surface area contributed by atoms with Crippen LogP contribution < -0.4 is 10.6 Å². The lowest BCUT2D eigenvalue weighted by Crippen LogP contribution is -2.37. The number of ketones is 1. The van der Waals surface area contributed by atoms with Gasteiger partial charge in [-0.25, -0.2) is 4.39 Å². The van der Waals surface area contributed by atoms with Gasteiger partial charge in [0.15, 0.2) is 5.78 Å². The Kier molecular flexibility index (Phi) is 6.08. The lowest BCUT2D eigenvalue weighted by Gasteiger charge is -2.37. The summed E-state index contributed by atoms with van der Waals surface area (Å²) < 4.78 is 13.4. The number of allylic oxidation sites excluding steroid dienone is 3. The molecular formula is C30H27FN2O2. The van der Waals surface area contributed by atoms with Crippen molar-refractivity contribution < 1.29 is 14.0 Å². The molecule has 1 amide bonds. The Morgan fingerprint density at radius 1 is 0.886 bits per heavy atom. The maximum absolute atomic E-state index is 13.6. The Hall–Kier alpha value is -3.99. The van der Waals surface area contributed by atoms with E-state index in [0.29, 0.717) is 29.7 Å². The number of hydrogen-bond donors (Lipinski definition) is 2. The van der Waals surface area contributed by atoms with Crippen molar-refractivity contribution in [1.29, 1.82) is 0 Å². The number of anilines is 1. The number of rotatable bonds is 4. The predicted molar refractivity (Wildman–Crippen MR) is 135 cm³/mol. The van der Waals surface area contributed by atoms with Crippen LogP contribution in [0.5, 0.6) is 0 Å². The van der Waals surface area contributed by atoms with Gasteiger partial charge in [-0.2, -0.15) is 0 Å². The van der Waals surface area contributed by atoms with Gasteiger partial charge in [-0.15, -0.1) is 0 Å². The van der Waals surface area contributed by atoms with Crippen LogP contribution >= 0.6 is 0 Å². The van der Waals surface area contributed by atoms with Gasteiger partial charge in [-0.3, -0.25) is 9.59 Å². The van der Waals surface area contributed by atoms with Crippen molar-refractivity contribution >= 4 is 17.4 Å². The Morgan fingerprint density at radius 3 is 2.26 bits per heavy atom. The summed E-state index contributed by atoms with van der Waals surface area (Å²) in [5, 5.41) is 6.29. The molecule has 0 aromatic heterocycles. The van der Waals surface area contributed by atoms with Crippen LogP contribution in [0.25, 0.3) is 0 Å². The highest BCUT2D eigenvalue weighted by Crippen LogP contribution is 2.45. The topological polar surface area (TPSA) is 58.2 Å². The molecule has 2 N–H and O–H groups in total. The van der Waals surface area contributed by atoms with Gasteiger partial charge < -0.3 is 10.6 Å². The first-order valence-electron chi connectivity index (χ1n) is 11.8. The third kappa shape index (κ3) is 4.54. The molecule has 0 saturated heterocycles. The summed E-state index contributed by atoms with van der Waals surface area (Å²) in [5.74, 6) is -1.01. The van der Waals surface area contributed by atoms with Gasteiger partial charge in [0.05, 0.1) is 0 Å². The molecule has 35 heavy (non-hydrogen) atoms. The first-order chi connectivity index (χ1) is 16.9. The highest BCUT2D eigenvalue weighted by molar-refractivity contribution is 6.10. The molecule has 176 valence electrons. The zero-order valence-corrected chi connectivity index (χ0v) is 19.8. The first kappa shape index (κ1) is 22.8. The highest BCUT2D eigenvalue weighted by atomic mass is 19.1. The summed E-state index contributed by atoms with van der Waals surface area (Å²) in [6.45, 7) is 3.89. The Balaban J connectivity index is 1.55. The lowest BCUT2D eigenvalue weighted by molar-refractivity contribution is -0.116. The predicted octanol–water partition coefficient (Wildman–Crippen LogP) is 6.13. The van der Waals surface area contributed by atoms with E-state index < -0.39 is 5.92 Å². The van der Waals surface area contributed by atoms with Crippen LogP contribution in [0.4, 0.5) is 10.1 Å². The number of aryl methyl sites for hydroxylation is 1. The van der Waals surface area contributed by atoms with Crippen LogP contribution in [-0.2, 0) is 9.59 Å². The van der Waals surface area contributed by atoms with Gasteiger partial charge in [0.25, 0.3) is 5.91 Å². The van der Waals surface area contributed by atoms with Crippen molar-refractivity contribution in [2.24, 2.45) is 0 Å². The number of benzene rings is 3. The number of carbonyl (C=O) groups is 2. The van der Waals surface area contributed by atoms with E-state index in [1.165, 1.54) is 24.3 Å². The van der Waals surface area contributed by atoms with Crippen LogP contribution in [-0.4, -0.2) is 11.7 Å². The summed E-state index contributed by atoms with van der Waals surface area (Å²) >= 11 is 0. The van der Waals surface area contributed by atoms with Gasteiger partial charge in [-0.05, 0) is 61.6 Å². The van der Waals surface area contributed by atoms with Gasteiger partial charge >= 0.3 is 0 Å². The lowest BCUT2D eigenvalue weighted by atomic mass is 9.71. The number of dihydropyridines is 1. The van der Waals surface area contributed by atoms with Gasteiger partial charge in [0.1, 0.15) is 5.82 Å². The molecule has 5 heteroatoms. The largest absolute Gasteiger partial charge is 0.362 e. The summed E-state index contributed by atoms with van der Waals surface area (Å²) in [4.78, 5) is 27.2. The minimum absolute atomic E-state index is 0.0535. The molecule has 5 rings (SSSR count). The van der Waals surface area contributed by atoms with Gasteiger partial charge in [0.2, 0.25) is 0 Å². The summed E-state index contributed by atoms with van der Waals surface area (Å²) in [7, 11) is 0. The maximum atomic E-state index is 13.6. The fourth-order valence-corrected chi connectivity index (χ4v) is 5.12. The summed E-state index contributed by atoms with van der Waals surface area (Å²) in [6.07, 6.45) is 1.11. The van der Waals surface area contributed by atoms with E-state index >= 15 is 0 Å². The smallest absolute Gasteiger partial charge is 0.254 e. The SMILES string of the molecule is CC1=C(C(=O)Nc2ccc(F)cc2)C(c2ccc(C)cc2)C2=C(CC(c3ccccc3)CC2=O)N1. The first-order valence-corrected chi connectivity index (χ1v) is 11.8. The number of amides is 1. The highest BCUT2D eigenvalue weighted by Gasteiger charge is 2.40. The van der Waals surface area contributed by atoms with Crippen molar-refractivity contribution in [1.82, 2.24) is 5.32 Å². The molecule has 1 aliphatic heterocycles. The Labute approximate surface area is 204 Å². The Morgan fingerprint density at radius 2 is 1.57 bits per heavy atom. The van der Waals surface area contributed by atoms with Crippen LogP contribution in [0, 0.1) is 12.7 Å². The minimum Gasteiger partial charge on any atom is -0.362 e. The molecule has 3 aromatic carbocycles. The van der Waals surface area contributed by atoms with Crippen LogP contribution in [0.1, 0.15) is 48.3 Å².